The van der Waals surface area contributed by atoms with E-state index in [1.54, 1.807) is 13.2 Å². The van der Waals surface area contributed by atoms with Gasteiger partial charge in [-0.25, -0.2) is 9.97 Å². The molecule has 144 valence electrons. The normalized spacial score (nSPS) is 10.2. The van der Waals surface area contributed by atoms with Crippen molar-refractivity contribution in [2.24, 2.45) is 0 Å². The van der Waals surface area contributed by atoms with Gasteiger partial charge in [0.05, 0.1) is 19.4 Å². The van der Waals surface area contributed by atoms with Crippen LogP contribution in [0.15, 0.2) is 54.7 Å². The van der Waals surface area contributed by atoms with E-state index in [0.29, 0.717) is 24.0 Å². The predicted molar refractivity (Wildman–Crippen MR) is 109 cm³/mol. The first-order valence-electron chi connectivity index (χ1n) is 8.88. The molecule has 1 aromatic heterocycles. The maximum Gasteiger partial charge on any atom is 0.274 e. The van der Waals surface area contributed by atoms with Crippen LogP contribution in [0, 0.1) is 6.92 Å². The molecule has 0 atom stereocenters. The Kier molecular flexibility index (Phi) is 6.06. The molecule has 2 aromatic carbocycles. The molecule has 7 nitrogen and oxygen atoms in total. The Bertz CT molecular complexity index is 958. The largest absolute Gasteiger partial charge is 0.495 e. The molecule has 2 N–H and O–H groups in total. The number of nitrogens with zero attached hydrogens (tertiary/aromatic N) is 2. The highest BCUT2D eigenvalue weighted by molar-refractivity contribution is 6.03. The lowest BCUT2D eigenvalue weighted by molar-refractivity contribution is 0.102. The highest BCUT2D eigenvalue weighted by Crippen LogP contribution is 2.25. The smallest absolute Gasteiger partial charge is 0.274 e. The Labute approximate surface area is 163 Å². The summed E-state index contributed by atoms with van der Waals surface area (Å²) in [6.45, 7) is 4.49. The number of hydrogen-bond donors (Lipinski definition) is 2. The summed E-state index contributed by atoms with van der Waals surface area (Å²) in [4.78, 5) is 21.1. The van der Waals surface area contributed by atoms with Crippen LogP contribution in [0.25, 0.3) is 0 Å². The van der Waals surface area contributed by atoms with Crippen molar-refractivity contribution < 1.29 is 14.3 Å². The maximum atomic E-state index is 12.6. The van der Waals surface area contributed by atoms with E-state index in [9.17, 15) is 4.79 Å². The third kappa shape index (κ3) is 4.76. The van der Waals surface area contributed by atoms with Crippen LogP contribution in [0.1, 0.15) is 23.0 Å². The second-order valence-electron chi connectivity index (χ2n) is 6.01. The second kappa shape index (κ2) is 8.85. The first-order chi connectivity index (χ1) is 13.6. The summed E-state index contributed by atoms with van der Waals surface area (Å²) in [5.74, 6) is 1.35. The lowest BCUT2D eigenvalue weighted by atomic mass is 10.2. The first kappa shape index (κ1) is 19.2. The Morgan fingerprint density at radius 3 is 2.61 bits per heavy atom. The number of hydrogen-bond acceptors (Lipinski definition) is 6. The molecular formula is C21H22N4O3. The van der Waals surface area contributed by atoms with Crippen molar-refractivity contribution in [3.05, 3.63) is 66.0 Å². The Hall–Kier alpha value is -3.61. The molecule has 0 aliphatic rings. The van der Waals surface area contributed by atoms with Crippen molar-refractivity contribution in [3.63, 3.8) is 0 Å². The van der Waals surface area contributed by atoms with Crippen LogP contribution in [0.3, 0.4) is 0 Å². The third-order valence-corrected chi connectivity index (χ3v) is 3.91. The minimum absolute atomic E-state index is 0.243. The maximum absolute atomic E-state index is 12.6. The van der Waals surface area contributed by atoms with Crippen molar-refractivity contribution in [2.75, 3.05) is 24.4 Å². The third-order valence-electron chi connectivity index (χ3n) is 3.91. The van der Waals surface area contributed by atoms with Gasteiger partial charge in [0.2, 0.25) is 5.95 Å². The van der Waals surface area contributed by atoms with E-state index in [1.807, 2.05) is 56.3 Å². The Morgan fingerprint density at radius 2 is 1.89 bits per heavy atom. The number of nitrogens with one attached hydrogen (secondary N) is 2. The van der Waals surface area contributed by atoms with Gasteiger partial charge in [-0.1, -0.05) is 6.07 Å². The van der Waals surface area contributed by atoms with Gasteiger partial charge in [0.15, 0.2) is 0 Å². The van der Waals surface area contributed by atoms with Crippen LogP contribution in [-0.4, -0.2) is 29.6 Å². The molecule has 0 saturated heterocycles. The summed E-state index contributed by atoms with van der Waals surface area (Å²) in [5.41, 5.74) is 2.64. The zero-order valence-electron chi connectivity index (χ0n) is 16.0. The van der Waals surface area contributed by atoms with Crippen molar-refractivity contribution in [3.8, 4) is 11.5 Å². The van der Waals surface area contributed by atoms with Crippen LogP contribution >= 0.6 is 0 Å². The van der Waals surface area contributed by atoms with Gasteiger partial charge in [0, 0.05) is 11.9 Å². The summed E-state index contributed by atoms with van der Waals surface area (Å²) in [7, 11) is 1.56. The Balaban J connectivity index is 1.73. The SMILES string of the molecule is CCOc1ccc(Nc2nccc(C(=O)Nc3cc(C)ccc3OC)n2)cc1. The van der Waals surface area contributed by atoms with Crippen LogP contribution in [0.2, 0.25) is 0 Å². The van der Waals surface area contributed by atoms with Crippen LogP contribution in [-0.2, 0) is 0 Å². The average Bonchev–Trinajstić information content (AvgIpc) is 2.70. The lowest BCUT2D eigenvalue weighted by Crippen LogP contribution is -2.15. The number of amides is 1. The molecule has 3 aromatic rings. The molecule has 1 amide bonds. The molecule has 0 unspecified atom stereocenters. The summed E-state index contributed by atoms with van der Waals surface area (Å²) in [6, 6.07) is 14.6. The fraction of sp³-hybridized carbons (Fsp3) is 0.190. The van der Waals surface area contributed by atoms with Gasteiger partial charge in [0.1, 0.15) is 17.2 Å². The number of methoxy groups -OCH3 is 1. The molecule has 0 fully saturated rings. The molecule has 0 spiro atoms. The zero-order chi connectivity index (χ0) is 19.9. The Morgan fingerprint density at radius 1 is 1.11 bits per heavy atom. The fourth-order valence-corrected chi connectivity index (χ4v) is 2.58. The number of benzene rings is 2. The van der Waals surface area contributed by atoms with E-state index in [0.717, 1.165) is 17.0 Å². The summed E-state index contributed by atoms with van der Waals surface area (Å²) in [5, 5.41) is 5.91. The van der Waals surface area contributed by atoms with E-state index < -0.39 is 0 Å². The average molecular weight is 378 g/mol. The molecule has 1 heterocycles. The molecule has 0 aliphatic heterocycles. The van der Waals surface area contributed by atoms with Crippen molar-refractivity contribution in [2.45, 2.75) is 13.8 Å². The molecule has 0 saturated carbocycles. The molecule has 0 bridgehead atoms. The van der Waals surface area contributed by atoms with Gasteiger partial charge in [-0.3, -0.25) is 4.79 Å². The molecule has 3 rings (SSSR count). The number of ether oxygens (including phenoxy) is 2. The number of aromatic nitrogens is 2. The molecule has 0 radical (unpaired) electrons. The minimum atomic E-state index is -0.346. The van der Waals surface area contributed by atoms with E-state index in [-0.39, 0.29) is 11.6 Å². The van der Waals surface area contributed by atoms with E-state index >= 15 is 0 Å². The minimum Gasteiger partial charge on any atom is -0.495 e. The number of carbonyl (C=O) groups excluding carboxylic acids is 1. The molecule has 28 heavy (non-hydrogen) atoms. The second-order valence-corrected chi connectivity index (χ2v) is 6.01. The monoisotopic (exact) mass is 378 g/mol. The van der Waals surface area contributed by atoms with Gasteiger partial charge < -0.3 is 20.1 Å². The van der Waals surface area contributed by atoms with E-state index in [4.69, 9.17) is 9.47 Å². The van der Waals surface area contributed by atoms with E-state index in [1.165, 1.54) is 6.20 Å². The predicted octanol–water partition coefficient (Wildman–Crippen LogP) is 4.19. The van der Waals surface area contributed by atoms with Gasteiger partial charge in [0.25, 0.3) is 5.91 Å². The van der Waals surface area contributed by atoms with Crippen molar-refractivity contribution >= 4 is 23.2 Å². The van der Waals surface area contributed by atoms with Gasteiger partial charge >= 0.3 is 0 Å². The fourth-order valence-electron chi connectivity index (χ4n) is 2.58. The number of anilines is 3. The van der Waals surface area contributed by atoms with Gasteiger partial charge in [-0.15, -0.1) is 0 Å². The summed E-state index contributed by atoms with van der Waals surface area (Å²) in [6.07, 6.45) is 1.53. The number of rotatable bonds is 7. The van der Waals surface area contributed by atoms with Crippen LogP contribution in [0.4, 0.5) is 17.3 Å². The highest BCUT2D eigenvalue weighted by atomic mass is 16.5. The van der Waals surface area contributed by atoms with Crippen molar-refractivity contribution in [1.82, 2.24) is 9.97 Å². The summed E-state index contributed by atoms with van der Waals surface area (Å²) < 4.78 is 10.7. The molecule has 0 aliphatic carbocycles. The van der Waals surface area contributed by atoms with Crippen molar-refractivity contribution in [1.29, 1.82) is 0 Å². The van der Waals surface area contributed by atoms with E-state index in [2.05, 4.69) is 20.6 Å². The van der Waals surface area contributed by atoms with Crippen LogP contribution < -0.4 is 20.1 Å². The molecular weight excluding hydrogens is 356 g/mol. The van der Waals surface area contributed by atoms with Crippen LogP contribution in [0.5, 0.6) is 11.5 Å². The number of aryl methyl sites for hydroxylation is 1. The summed E-state index contributed by atoms with van der Waals surface area (Å²) >= 11 is 0. The van der Waals surface area contributed by atoms with Gasteiger partial charge in [-0.2, -0.15) is 0 Å². The molecule has 7 heteroatoms. The number of carbonyl (C=O) groups is 1. The zero-order valence-corrected chi connectivity index (χ0v) is 16.0. The van der Waals surface area contributed by atoms with Gasteiger partial charge in [-0.05, 0) is 61.9 Å². The highest BCUT2D eigenvalue weighted by Gasteiger charge is 2.12. The quantitative estimate of drug-likeness (QED) is 0.641. The first-order valence-corrected chi connectivity index (χ1v) is 8.88. The lowest BCUT2D eigenvalue weighted by Gasteiger charge is -2.11. The topological polar surface area (TPSA) is 85.4 Å². The standard InChI is InChI=1S/C21H22N4O3/c1-4-28-16-8-6-15(7-9-16)23-21-22-12-11-17(25-21)20(26)24-18-13-14(2)5-10-19(18)27-3/h5-13H,4H2,1-3H3,(H,24,26)(H,22,23,25).